The van der Waals surface area contributed by atoms with Crippen molar-refractivity contribution in [2.24, 2.45) is 0 Å². The lowest BCUT2D eigenvalue weighted by atomic mass is 10.1. The lowest BCUT2D eigenvalue weighted by molar-refractivity contribution is 0.104. The number of ketones is 1. The minimum Gasteiger partial charge on any atom is -0.378 e. The molecular formula is C18H19NO2S. The summed E-state index contributed by atoms with van der Waals surface area (Å²) in [5, 5.41) is 2.04. The highest BCUT2D eigenvalue weighted by Crippen LogP contribution is 2.19. The summed E-state index contributed by atoms with van der Waals surface area (Å²) in [5.74, 6) is 0.0429. The highest BCUT2D eigenvalue weighted by Gasteiger charge is 2.11. The highest BCUT2D eigenvalue weighted by molar-refractivity contribution is 7.11. The molecule has 4 heteroatoms. The van der Waals surface area contributed by atoms with Crippen LogP contribution in [0.1, 0.15) is 20.8 Å². The standard InChI is InChI=1S/C18H19NO2S/c1-14-8-13-22-18(14)7-6-17(20)15-2-4-16(5-3-15)19-9-11-21-12-10-19/h2-8,13H,9-12H2,1H3/b7-6+. The number of anilines is 1. The van der Waals surface area contributed by atoms with Crippen molar-refractivity contribution in [3.8, 4) is 0 Å². The van der Waals surface area contributed by atoms with Gasteiger partial charge in [-0.05, 0) is 60.4 Å². The van der Waals surface area contributed by atoms with Crippen LogP contribution in [0.5, 0.6) is 0 Å². The number of rotatable bonds is 4. The van der Waals surface area contributed by atoms with E-state index in [1.165, 1.54) is 5.56 Å². The number of morpholine rings is 1. The van der Waals surface area contributed by atoms with E-state index in [-0.39, 0.29) is 5.78 Å². The molecule has 3 rings (SSSR count). The molecule has 0 amide bonds. The maximum absolute atomic E-state index is 12.2. The fourth-order valence-electron chi connectivity index (χ4n) is 2.46. The lowest BCUT2D eigenvalue weighted by Gasteiger charge is -2.28. The third-order valence-electron chi connectivity index (χ3n) is 3.82. The Hall–Kier alpha value is -1.91. The molecule has 2 aromatic rings. The van der Waals surface area contributed by atoms with Crippen LogP contribution in [0.4, 0.5) is 5.69 Å². The van der Waals surface area contributed by atoms with E-state index in [0.29, 0.717) is 0 Å². The summed E-state index contributed by atoms with van der Waals surface area (Å²) in [7, 11) is 0. The summed E-state index contributed by atoms with van der Waals surface area (Å²) in [4.78, 5) is 15.6. The third kappa shape index (κ3) is 3.46. The first kappa shape index (κ1) is 15.0. The monoisotopic (exact) mass is 313 g/mol. The molecule has 3 nitrogen and oxygen atoms in total. The molecule has 0 bridgehead atoms. The number of benzene rings is 1. The molecule has 114 valence electrons. The van der Waals surface area contributed by atoms with Gasteiger partial charge in [-0.2, -0.15) is 0 Å². The number of carbonyl (C=O) groups excluding carboxylic acids is 1. The molecule has 1 saturated heterocycles. The maximum atomic E-state index is 12.2. The fraction of sp³-hybridized carbons (Fsp3) is 0.278. The molecule has 22 heavy (non-hydrogen) atoms. The van der Waals surface area contributed by atoms with E-state index in [1.54, 1.807) is 17.4 Å². The zero-order valence-electron chi connectivity index (χ0n) is 12.6. The minimum atomic E-state index is 0.0429. The first-order valence-corrected chi connectivity index (χ1v) is 8.31. The van der Waals surface area contributed by atoms with Crippen LogP contribution >= 0.6 is 11.3 Å². The van der Waals surface area contributed by atoms with Gasteiger partial charge < -0.3 is 9.64 Å². The number of hydrogen-bond donors (Lipinski definition) is 0. The third-order valence-corrected chi connectivity index (χ3v) is 4.80. The van der Waals surface area contributed by atoms with Gasteiger partial charge >= 0.3 is 0 Å². The molecule has 1 aliphatic rings. The quantitative estimate of drug-likeness (QED) is 0.635. The summed E-state index contributed by atoms with van der Waals surface area (Å²) in [6.45, 7) is 5.40. The Morgan fingerprint density at radius 1 is 1.18 bits per heavy atom. The van der Waals surface area contributed by atoms with E-state index in [0.717, 1.165) is 42.4 Å². The lowest BCUT2D eigenvalue weighted by Crippen LogP contribution is -2.36. The average molecular weight is 313 g/mol. The van der Waals surface area contributed by atoms with Gasteiger partial charge in [-0.15, -0.1) is 11.3 Å². The number of allylic oxidation sites excluding steroid dienone is 1. The van der Waals surface area contributed by atoms with Gasteiger partial charge in [0, 0.05) is 29.2 Å². The molecular weight excluding hydrogens is 294 g/mol. The van der Waals surface area contributed by atoms with Gasteiger partial charge in [0.1, 0.15) is 0 Å². The van der Waals surface area contributed by atoms with Crippen LogP contribution < -0.4 is 4.90 Å². The summed E-state index contributed by atoms with van der Waals surface area (Å²) in [6.07, 6.45) is 3.56. The van der Waals surface area contributed by atoms with Crippen molar-refractivity contribution in [2.45, 2.75) is 6.92 Å². The van der Waals surface area contributed by atoms with Crippen molar-refractivity contribution in [3.05, 3.63) is 57.8 Å². The summed E-state index contributed by atoms with van der Waals surface area (Å²) in [5.41, 5.74) is 3.08. The van der Waals surface area contributed by atoms with E-state index in [9.17, 15) is 4.79 Å². The second-order valence-corrected chi connectivity index (χ2v) is 6.26. The second kappa shape index (κ2) is 6.90. The van der Waals surface area contributed by atoms with Crippen molar-refractivity contribution in [1.82, 2.24) is 0 Å². The van der Waals surface area contributed by atoms with Crippen LogP contribution in [-0.4, -0.2) is 32.1 Å². The Bertz CT molecular complexity index is 667. The maximum Gasteiger partial charge on any atom is 0.185 e. The van der Waals surface area contributed by atoms with Crippen molar-refractivity contribution in [3.63, 3.8) is 0 Å². The van der Waals surface area contributed by atoms with Crippen LogP contribution in [0.25, 0.3) is 6.08 Å². The number of hydrogen-bond acceptors (Lipinski definition) is 4. The first-order chi connectivity index (χ1) is 10.7. The van der Waals surface area contributed by atoms with Gasteiger partial charge in [0.15, 0.2) is 5.78 Å². The fourth-order valence-corrected chi connectivity index (χ4v) is 3.28. The molecule has 0 saturated carbocycles. The van der Waals surface area contributed by atoms with E-state index in [2.05, 4.69) is 17.9 Å². The van der Waals surface area contributed by atoms with Gasteiger partial charge in [0.25, 0.3) is 0 Å². The summed E-state index contributed by atoms with van der Waals surface area (Å²) < 4.78 is 5.36. The molecule has 0 unspecified atom stereocenters. The Labute approximate surface area is 134 Å². The second-order valence-electron chi connectivity index (χ2n) is 5.31. The number of carbonyl (C=O) groups is 1. The van der Waals surface area contributed by atoms with E-state index < -0.39 is 0 Å². The smallest absolute Gasteiger partial charge is 0.185 e. The van der Waals surface area contributed by atoms with Gasteiger partial charge in [-0.1, -0.05) is 0 Å². The predicted octanol–water partition coefficient (Wildman–Crippen LogP) is 3.79. The normalized spacial score (nSPS) is 15.4. The van der Waals surface area contributed by atoms with Crippen LogP contribution in [-0.2, 0) is 4.74 Å². The Morgan fingerprint density at radius 3 is 2.55 bits per heavy atom. The molecule has 0 spiro atoms. The zero-order chi connectivity index (χ0) is 15.4. The molecule has 0 aliphatic carbocycles. The Morgan fingerprint density at radius 2 is 1.91 bits per heavy atom. The summed E-state index contributed by atoms with van der Waals surface area (Å²) in [6, 6.07) is 9.90. The number of thiophene rings is 1. The highest BCUT2D eigenvalue weighted by atomic mass is 32.1. The van der Waals surface area contributed by atoms with Crippen molar-refractivity contribution >= 4 is 28.9 Å². The van der Waals surface area contributed by atoms with Crippen LogP contribution in [0, 0.1) is 6.92 Å². The molecule has 1 aromatic carbocycles. The van der Waals surface area contributed by atoms with Gasteiger partial charge in [0.2, 0.25) is 0 Å². The van der Waals surface area contributed by atoms with Gasteiger partial charge in [-0.25, -0.2) is 0 Å². The Balaban J connectivity index is 1.68. The van der Waals surface area contributed by atoms with Crippen molar-refractivity contribution in [1.29, 1.82) is 0 Å². The number of nitrogens with zero attached hydrogens (tertiary/aromatic N) is 1. The number of ether oxygens (including phenoxy) is 1. The molecule has 0 N–H and O–H groups in total. The average Bonchev–Trinajstić information content (AvgIpc) is 2.99. The molecule has 1 fully saturated rings. The van der Waals surface area contributed by atoms with Crippen LogP contribution in [0.15, 0.2) is 41.8 Å². The van der Waals surface area contributed by atoms with Crippen LogP contribution in [0.3, 0.4) is 0 Å². The van der Waals surface area contributed by atoms with Gasteiger partial charge in [0.05, 0.1) is 13.2 Å². The number of aryl methyl sites for hydroxylation is 1. The van der Waals surface area contributed by atoms with E-state index >= 15 is 0 Å². The van der Waals surface area contributed by atoms with Crippen LogP contribution in [0.2, 0.25) is 0 Å². The van der Waals surface area contributed by atoms with E-state index in [1.807, 2.05) is 35.7 Å². The molecule has 0 atom stereocenters. The van der Waals surface area contributed by atoms with Crippen molar-refractivity contribution < 1.29 is 9.53 Å². The SMILES string of the molecule is Cc1ccsc1/C=C/C(=O)c1ccc(N2CCOCC2)cc1. The summed E-state index contributed by atoms with van der Waals surface area (Å²) >= 11 is 1.65. The topological polar surface area (TPSA) is 29.5 Å². The molecule has 2 heterocycles. The molecule has 1 aliphatic heterocycles. The minimum absolute atomic E-state index is 0.0429. The molecule has 1 aromatic heterocycles. The first-order valence-electron chi connectivity index (χ1n) is 7.43. The predicted molar refractivity (Wildman–Crippen MR) is 91.9 cm³/mol. The zero-order valence-corrected chi connectivity index (χ0v) is 13.4. The van der Waals surface area contributed by atoms with Crippen molar-refractivity contribution in [2.75, 3.05) is 31.2 Å². The Kier molecular flexibility index (Phi) is 4.71. The molecule has 0 radical (unpaired) electrons. The van der Waals surface area contributed by atoms with Gasteiger partial charge in [-0.3, -0.25) is 4.79 Å². The van der Waals surface area contributed by atoms with E-state index in [4.69, 9.17) is 4.74 Å². The largest absolute Gasteiger partial charge is 0.378 e.